The maximum atomic E-state index is 13.4. The second-order valence-electron chi connectivity index (χ2n) is 7.41. The molecule has 0 saturated carbocycles. The van der Waals surface area contributed by atoms with E-state index in [1.54, 1.807) is 4.90 Å². The van der Waals surface area contributed by atoms with Gasteiger partial charge in [-0.15, -0.1) is 0 Å². The lowest BCUT2D eigenvalue weighted by molar-refractivity contribution is -0.143. The lowest BCUT2D eigenvalue weighted by Gasteiger charge is -2.37. The van der Waals surface area contributed by atoms with Crippen molar-refractivity contribution in [1.82, 2.24) is 4.90 Å². The number of hydrogen-bond donors (Lipinski definition) is 1. The molecule has 1 N–H and O–H groups in total. The Hall–Kier alpha value is -2.26. The van der Waals surface area contributed by atoms with Crippen molar-refractivity contribution in [2.75, 3.05) is 13.1 Å². The van der Waals surface area contributed by atoms with E-state index in [0.717, 1.165) is 24.3 Å². The monoisotopic (exact) mass is 465 g/mol. The summed E-state index contributed by atoms with van der Waals surface area (Å²) in [6.45, 7) is 0.541. The van der Waals surface area contributed by atoms with Crippen molar-refractivity contribution in [3.05, 3.63) is 69.7 Å². The molecule has 2 aromatic carbocycles. The fourth-order valence-corrected chi connectivity index (χ4v) is 4.03. The van der Waals surface area contributed by atoms with Crippen LogP contribution in [0.15, 0.2) is 42.5 Å². The van der Waals surface area contributed by atoms with E-state index >= 15 is 0 Å². The Balaban J connectivity index is 2.02. The molecule has 0 aliphatic carbocycles. The molecule has 1 heterocycles. The van der Waals surface area contributed by atoms with Crippen molar-refractivity contribution in [3.63, 3.8) is 0 Å². The zero-order valence-electron chi connectivity index (χ0n) is 16.0. The number of carbonyl (C=O) groups is 1. The Morgan fingerprint density at radius 2 is 1.48 bits per heavy atom. The lowest BCUT2D eigenvalue weighted by atomic mass is 9.90. The maximum Gasteiger partial charge on any atom is 0.417 e. The number of carboxylic acids is 1. The Bertz CT molecular complexity index is 934. The van der Waals surface area contributed by atoms with Crippen LogP contribution in [0.25, 0.3) is 0 Å². The minimum atomic E-state index is -4.70. The van der Waals surface area contributed by atoms with E-state index in [0.29, 0.717) is 5.56 Å². The summed E-state index contributed by atoms with van der Waals surface area (Å²) >= 11 is 5.72. The number of halogens is 7. The van der Waals surface area contributed by atoms with Crippen LogP contribution in [0.4, 0.5) is 26.3 Å². The van der Waals surface area contributed by atoms with E-state index in [4.69, 9.17) is 11.6 Å². The fourth-order valence-electron chi connectivity index (χ4n) is 3.80. The van der Waals surface area contributed by atoms with Crippen LogP contribution < -0.4 is 0 Å². The summed E-state index contributed by atoms with van der Waals surface area (Å²) in [7, 11) is 0. The number of nitrogens with zero attached hydrogens (tertiary/aromatic N) is 1. The smallest absolute Gasteiger partial charge is 0.417 e. The highest BCUT2D eigenvalue weighted by atomic mass is 35.5. The second-order valence-corrected chi connectivity index (χ2v) is 7.82. The average molecular weight is 466 g/mol. The first kappa shape index (κ1) is 23.4. The standard InChI is InChI=1S/C21H18ClF6NO2/c22-17-6-3-14(11-16(17)21(26,27)28)18(29-9-7-13(8-10-29)19(30)31)12-1-4-15(5-2-12)20(23,24)25/h1-6,11,13,18H,7-10H2,(H,30,31). The SMILES string of the molecule is O=C(O)C1CCN(C(c2ccc(C(F)(F)F)cc2)c2ccc(Cl)c(C(F)(F)F)c2)CC1. The number of hydrogen-bond acceptors (Lipinski definition) is 2. The summed E-state index contributed by atoms with van der Waals surface area (Å²) in [4.78, 5) is 13.0. The third-order valence-electron chi connectivity index (χ3n) is 5.41. The number of aliphatic carboxylic acids is 1. The topological polar surface area (TPSA) is 40.5 Å². The van der Waals surface area contributed by atoms with Gasteiger partial charge in [0.05, 0.1) is 28.1 Å². The molecular formula is C21H18ClF6NO2. The Morgan fingerprint density at radius 1 is 0.935 bits per heavy atom. The number of rotatable bonds is 4. The molecule has 0 amide bonds. The van der Waals surface area contributed by atoms with Gasteiger partial charge in [-0.05, 0) is 61.3 Å². The van der Waals surface area contributed by atoms with Gasteiger partial charge in [0.2, 0.25) is 0 Å². The Kier molecular flexibility index (Phi) is 6.57. The molecule has 168 valence electrons. The first-order chi connectivity index (χ1) is 14.4. The molecule has 1 aliphatic rings. The van der Waals surface area contributed by atoms with Crippen molar-refractivity contribution in [3.8, 4) is 0 Å². The van der Waals surface area contributed by atoms with E-state index in [-0.39, 0.29) is 31.5 Å². The fraction of sp³-hybridized carbons (Fsp3) is 0.381. The van der Waals surface area contributed by atoms with Gasteiger partial charge in [0, 0.05) is 0 Å². The van der Waals surface area contributed by atoms with Crippen LogP contribution in [0.2, 0.25) is 5.02 Å². The molecule has 1 saturated heterocycles. The lowest BCUT2D eigenvalue weighted by Crippen LogP contribution is -2.39. The summed E-state index contributed by atoms with van der Waals surface area (Å²) in [5, 5.41) is 8.72. The zero-order chi connectivity index (χ0) is 23.0. The number of piperidine rings is 1. The average Bonchev–Trinajstić information content (AvgIpc) is 2.68. The van der Waals surface area contributed by atoms with Gasteiger partial charge in [0.25, 0.3) is 0 Å². The van der Waals surface area contributed by atoms with Crippen LogP contribution in [0.1, 0.15) is 41.1 Å². The van der Waals surface area contributed by atoms with E-state index in [1.807, 2.05) is 0 Å². The molecule has 2 aromatic rings. The molecule has 0 aromatic heterocycles. The second kappa shape index (κ2) is 8.70. The van der Waals surface area contributed by atoms with E-state index < -0.39 is 46.4 Å². The number of carboxylic acid groups (broad SMARTS) is 1. The maximum absolute atomic E-state index is 13.4. The van der Waals surface area contributed by atoms with Crippen LogP contribution in [-0.2, 0) is 17.1 Å². The minimum absolute atomic E-state index is 0.213. The van der Waals surface area contributed by atoms with Crippen molar-refractivity contribution >= 4 is 17.6 Å². The molecule has 0 radical (unpaired) electrons. The normalized spacial score (nSPS) is 17.5. The zero-order valence-corrected chi connectivity index (χ0v) is 16.7. The number of likely N-dealkylation sites (tertiary alicyclic amines) is 1. The highest BCUT2D eigenvalue weighted by Crippen LogP contribution is 2.40. The molecule has 3 nitrogen and oxygen atoms in total. The first-order valence-electron chi connectivity index (χ1n) is 9.38. The third-order valence-corrected chi connectivity index (χ3v) is 5.74. The van der Waals surface area contributed by atoms with E-state index in [9.17, 15) is 36.2 Å². The Labute approximate surface area is 179 Å². The molecule has 0 spiro atoms. The van der Waals surface area contributed by atoms with Crippen LogP contribution in [0.5, 0.6) is 0 Å². The van der Waals surface area contributed by atoms with Crippen LogP contribution in [0, 0.1) is 5.92 Å². The highest BCUT2D eigenvalue weighted by molar-refractivity contribution is 6.31. The summed E-state index contributed by atoms with van der Waals surface area (Å²) in [6, 6.07) is 6.87. The quantitative estimate of drug-likeness (QED) is 0.541. The molecular weight excluding hydrogens is 448 g/mol. The van der Waals surface area contributed by atoms with Gasteiger partial charge >= 0.3 is 18.3 Å². The number of benzene rings is 2. The van der Waals surface area contributed by atoms with Gasteiger partial charge < -0.3 is 5.11 Å². The highest BCUT2D eigenvalue weighted by Gasteiger charge is 2.36. The van der Waals surface area contributed by atoms with Gasteiger partial charge in [-0.1, -0.05) is 29.8 Å². The molecule has 31 heavy (non-hydrogen) atoms. The third kappa shape index (κ3) is 5.33. The van der Waals surface area contributed by atoms with Crippen molar-refractivity contribution < 1.29 is 36.2 Å². The molecule has 1 unspecified atom stereocenters. The molecule has 10 heteroatoms. The summed E-state index contributed by atoms with van der Waals surface area (Å²) in [6.07, 6.45) is -8.68. The predicted octanol–water partition coefficient (Wildman–Crippen LogP) is 6.26. The summed E-state index contributed by atoms with van der Waals surface area (Å²) in [5.41, 5.74) is -1.32. The van der Waals surface area contributed by atoms with Crippen molar-refractivity contribution in [2.45, 2.75) is 31.2 Å². The van der Waals surface area contributed by atoms with Crippen molar-refractivity contribution in [2.24, 2.45) is 5.92 Å². The largest absolute Gasteiger partial charge is 0.481 e. The molecule has 1 atom stereocenters. The van der Waals surface area contributed by atoms with E-state index in [2.05, 4.69) is 0 Å². The first-order valence-corrected chi connectivity index (χ1v) is 9.76. The number of alkyl halides is 6. The van der Waals surface area contributed by atoms with Gasteiger partial charge in [0.15, 0.2) is 0 Å². The van der Waals surface area contributed by atoms with Gasteiger partial charge in [0.1, 0.15) is 0 Å². The van der Waals surface area contributed by atoms with Crippen molar-refractivity contribution in [1.29, 1.82) is 0 Å². The van der Waals surface area contributed by atoms with Crippen LogP contribution in [0.3, 0.4) is 0 Å². The summed E-state index contributed by atoms with van der Waals surface area (Å²) in [5.74, 6) is -1.52. The Morgan fingerprint density at radius 3 is 1.97 bits per heavy atom. The van der Waals surface area contributed by atoms with Gasteiger partial charge in [-0.3, -0.25) is 9.69 Å². The minimum Gasteiger partial charge on any atom is -0.481 e. The van der Waals surface area contributed by atoms with Gasteiger partial charge in [-0.2, -0.15) is 26.3 Å². The summed E-state index contributed by atoms with van der Waals surface area (Å²) < 4.78 is 78.9. The predicted molar refractivity (Wildman–Crippen MR) is 102 cm³/mol. The molecule has 3 rings (SSSR count). The van der Waals surface area contributed by atoms with Crippen LogP contribution >= 0.6 is 11.6 Å². The molecule has 0 bridgehead atoms. The van der Waals surface area contributed by atoms with Gasteiger partial charge in [-0.25, -0.2) is 0 Å². The molecule has 1 fully saturated rings. The van der Waals surface area contributed by atoms with E-state index in [1.165, 1.54) is 18.2 Å². The molecule has 1 aliphatic heterocycles. The van der Waals surface area contributed by atoms with Crippen LogP contribution in [-0.4, -0.2) is 29.1 Å².